The molecule has 2 aromatic rings. The van der Waals surface area contributed by atoms with Crippen LogP contribution in [-0.4, -0.2) is 16.5 Å². The zero-order valence-electron chi connectivity index (χ0n) is 10.4. The molecular formula is C16H15ClOS. The van der Waals surface area contributed by atoms with Gasteiger partial charge < -0.3 is 5.11 Å². The summed E-state index contributed by atoms with van der Waals surface area (Å²) in [6.07, 6.45) is 1.32. The van der Waals surface area contributed by atoms with E-state index >= 15 is 0 Å². The number of aliphatic hydroxyl groups is 1. The molecule has 1 aliphatic heterocycles. The van der Waals surface area contributed by atoms with Gasteiger partial charge in [-0.1, -0.05) is 41.9 Å². The van der Waals surface area contributed by atoms with Crippen molar-refractivity contribution in [3.8, 4) is 0 Å². The number of rotatable bonds is 3. The molecule has 1 N–H and O–H groups in total. The zero-order chi connectivity index (χ0) is 13.2. The van der Waals surface area contributed by atoms with Gasteiger partial charge in [0.1, 0.15) is 0 Å². The molecule has 0 saturated heterocycles. The first-order valence-corrected chi connectivity index (χ1v) is 7.65. The maximum absolute atomic E-state index is 10.4. The number of hydrogen-bond acceptors (Lipinski definition) is 2. The second kappa shape index (κ2) is 5.58. The van der Waals surface area contributed by atoms with Gasteiger partial charge in [-0.25, -0.2) is 0 Å². The first-order valence-electron chi connectivity index (χ1n) is 6.39. The zero-order valence-corrected chi connectivity index (χ0v) is 12.0. The van der Waals surface area contributed by atoms with Crippen LogP contribution in [0, 0.1) is 0 Å². The SMILES string of the molecule is OC(Cc1ccc(Cl)cc1)C1Cc2ccccc2S1. The lowest BCUT2D eigenvalue weighted by molar-refractivity contribution is 0.172. The lowest BCUT2D eigenvalue weighted by atomic mass is 10.0. The van der Waals surface area contributed by atoms with Crippen molar-refractivity contribution in [1.29, 1.82) is 0 Å². The summed E-state index contributed by atoms with van der Waals surface area (Å²) >= 11 is 7.66. The Morgan fingerprint density at radius 1 is 1.16 bits per heavy atom. The third kappa shape index (κ3) is 2.97. The van der Waals surface area contributed by atoms with Crippen molar-refractivity contribution >= 4 is 23.4 Å². The van der Waals surface area contributed by atoms with Crippen LogP contribution >= 0.6 is 23.4 Å². The third-order valence-corrected chi connectivity index (χ3v) is 5.15. The third-order valence-electron chi connectivity index (χ3n) is 3.46. The molecule has 0 fully saturated rings. The van der Waals surface area contributed by atoms with Crippen molar-refractivity contribution < 1.29 is 5.11 Å². The van der Waals surface area contributed by atoms with E-state index in [1.165, 1.54) is 10.5 Å². The Morgan fingerprint density at radius 3 is 2.63 bits per heavy atom. The average Bonchev–Trinajstić information content (AvgIpc) is 2.85. The van der Waals surface area contributed by atoms with Crippen LogP contribution in [0.3, 0.4) is 0 Å². The Bertz CT molecular complexity index is 542. The second-order valence-electron chi connectivity index (χ2n) is 4.87. The number of fused-ring (bicyclic) bond motifs is 1. The molecule has 3 rings (SSSR count). The van der Waals surface area contributed by atoms with E-state index < -0.39 is 0 Å². The van der Waals surface area contributed by atoms with E-state index in [0.717, 1.165) is 17.0 Å². The highest BCUT2D eigenvalue weighted by molar-refractivity contribution is 8.00. The normalized spacial score (nSPS) is 19.2. The summed E-state index contributed by atoms with van der Waals surface area (Å²) in [6.45, 7) is 0. The maximum Gasteiger partial charge on any atom is 0.0705 e. The fourth-order valence-electron chi connectivity index (χ4n) is 2.42. The lowest BCUT2D eigenvalue weighted by Crippen LogP contribution is -2.24. The first-order chi connectivity index (χ1) is 9.22. The molecule has 0 spiro atoms. The first kappa shape index (κ1) is 13.0. The van der Waals surface area contributed by atoms with E-state index in [4.69, 9.17) is 11.6 Å². The highest BCUT2D eigenvalue weighted by Crippen LogP contribution is 2.38. The van der Waals surface area contributed by atoms with Gasteiger partial charge in [0.2, 0.25) is 0 Å². The molecule has 0 bridgehead atoms. The van der Waals surface area contributed by atoms with Crippen molar-refractivity contribution in [3.63, 3.8) is 0 Å². The molecular weight excluding hydrogens is 276 g/mol. The van der Waals surface area contributed by atoms with Gasteiger partial charge in [0, 0.05) is 15.2 Å². The lowest BCUT2D eigenvalue weighted by Gasteiger charge is -2.17. The van der Waals surface area contributed by atoms with Crippen LogP contribution in [0.5, 0.6) is 0 Å². The summed E-state index contributed by atoms with van der Waals surface area (Å²) in [7, 11) is 0. The molecule has 0 aliphatic carbocycles. The quantitative estimate of drug-likeness (QED) is 0.923. The number of hydrogen-bond donors (Lipinski definition) is 1. The van der Waals surface area contributed by atoms with E-state index in [9.17, 15) is 5.11 Å². The molecule has 0 saturated carbocycles. The van der Waals surface area contributed by atoms with E-state index in [2.05, 4.69) is 24.3 Å². The van der Waals surface area contributed by atoms with Crippen LogP contribution in [0.2, 0.25) is 5.02 Å². The number of halogens is 1. The topological polar surface area (TPSA) is 20.2 Å². The van der Waals surface area contributed by atoms with Crippen LogP contribution < -0.4 is 0 Å². The van der Waals surface area contributed by atoms with Crippen LogP contribution in [0.1, 0.15) is 11.1 Å². The van der Waals surface area contributed by atoms with Crippen molar-refractivity contribution in [3.05, 3.63) is 64.7 Å². The van der Waals surface area contributed by atoms with Crippen molar-refractivity contribution in [2.75, 3.05) is 0 Å². The molecule has 19 heavy (non-hydrogen) atoms. The van der Waals surface area contributed by atoms with Crippen molar-refractivity contribution in [2.45, 2.75) is 29.1 Å². The second-order valence-corrected chi connectivity index (χ2v) is 6.58. The van der Waals surface area contributed by atoms with E-state index in [1.807, 2.05) is 24.3 Å². The Morgan fingerprint density at radius 2 is 1.89 bits per heavy atom. The molecule has 0 radical (unpaired) electrons. The number of aliphatic hydroxyl groups excluding tert-OH is 1. The van der Waals surface area contributed by atoms with Crippen molar-refractivity contribution in [1.82, 2.24) is 0 Å². The van der Waals surface area contributed by atoms with Gasteiger partial charge in [-0.3, -0.25) is 0 Å². The average molecular weight is 291 g/mol. The summed E-state index contributed by atoms with van der Waals surface area (Å²) in [5.74, 6) is 0. The summed E-state index contributed by atoms with van der Waals surface area (Å²) in [5, 5.41) is 11.4. The molecule has 2 aromatic carbocycles. The van der Waals surface area contributed by atoms with Gasteiger partial charge in [-0.05, 0) is 42.2 Å². The Hall–Kier alpha value is -0.960. The van der Waals surface area contributed by atoms with Gasteiger partial charge in [-0.2, -0.15) is 0 Å². The van der Waals surface area contributed by atoms with Gasteiger partial charge in [-0.15, -0.1) is 11.8 Å². The molecule has 0 amide bonds. The van der Waals surface area contributed by atoms with E-state index in [0.29, 0.717) is 6.42 Å². The van der Waals surface area contributed by atoms with Crippen LogP contribution in [0.4, 0.5) is 0 Å². The van der Waals surface area contributed by atoms with Gasteiger partial charge in [0.15, 0.2) is 0 Å². The largest absolute Gasteiger partial charge is 0.392 e. The van der Waals surface area contributed by atoms with Crippen LogP contribution in [0.25, 0.3) is 0 Å². The fourth-order valence-corrected chi connectivity index (χ4v) is 3.85. The monoisotopic (exact) mass is 290 g/mol. The predicted molar refractivity (Wildman–Crippen MR) is 81.0 cm³/mol. The Kier molecular flexibility index (Phi) is 3.83. The molecule has 3 heteroatoms. The standard InChI is InChI=1S/C16H15ClOS/c17-13-7-5-11(6-8-13)9-14(18)16-10-12-3-1-2-4-15(12)19-16/h1-8,14,16,18H,9-10H2. The smallest absolute Gasteiger partial charge is 0.0705 e. The van der Waals surface area contributed by atoms with Gasteiger partial charge in [0.25, 0.3) is 0 Å². The fraction of sp³-hybridized carbons (Fsp3) is 0.250. The molecule has 98 valence electrons. The number of thioether (sulfide) groups is 1. The molecule has 1 aliphatic rings. The maximum atomic E-state index is 10.4. The summed E-state index contributed by atoms with van der Waals surface area (Å²) in [5.41, 5.74) is 2.49. The minimum absolute atomic E-state index is 0.257. The highest BCUT2D eigenvalue weighted by Gasteiger charge is 2.27. The summed E-state index contributed by atoms with van der Waals surface area (Å²) in [4.78, 5) is 1.31. The summed E-state index contributed by atoms with van der Waals surface area (Å²) in [6, 6.07) is 16.1. The molecule has 2 unspecified atom stereocenters. The van der Waals surface area contributed by atoms with E-state index in [1.54, 1.807) is 11.8 Å². The predicted octanol–water partition coefficient (Wildman–Crippen LogP) is 3.96. The molecule has 2 atom stereocenters. The van der Waals surface area contributed by atoms with Crippen LogP contribution in [-0.2, 0) is 12.8 Å². The highest BCUT2D eigenvalue weighted by atomic mass is 35.5. The number of benzene rings is 2. The Labute approximate surface area is 122 Å². The van der Waals surface area contributed by atoms with Crippen LogP contribution in [0.15, 0.2) is 53.4 Å². The molecule has 0 aromatic heterocycles. The van der Waals surface area contributed by atoms with Crippen molar-refractivity contribution in [2.24, 2.45) is 0 Å². The van der Waals surface area contributed by atoms with Gasteiger partial charge in [0.05, 0.1) is 6.10 Å². The van der Waals surface area contributed by atoms with E-state index in [-0.39, 0.29) is 11.4 Å². The summed E-state index contributed by atoms with van der Waals surface area (Å²) < 4.78 is 0. The minimum Gasteiger partial charge on any atom is -0.392 e. The van der Waals surface area contributed by atoms with Gasteiger partial charge >= 0.3 is 0 Å². The Balaban J connectivity index is 1.66. The molecule has 1 nitrogen and oxygen atoms in total. The molecule has 1 heterocycles. The minimum atomic E-state index is -0.321.